The van der Waals surface area contributed by atoms with Crippen molar-refractivity contribution in [2.75, 3.05) is 0 Å². The Morgan fingerprint density at radius 3 is 0.800 bits per heavy atom. The molecule has 0 aromatic rings. The molecule has 0 spiro atoms. The van der Waals surface area contributed by atoms with E-state index < -0.39 is 47.3 Å². The summed E-state index contributed by atoms with van der Waals surface area (Å²) in [5, 5.41) is 6.40. The van der Waals surface area contributed by atoms with Crippen molar-refractivity contribution in [3.63, 3.8) is 0 Å². The quantitative estimate of drug-likeness (QED) is 0.323. The fourth-order valence-corrected chi connectivity index (χ4v) is 0.908. The first kappa shape index (κ1) is 14.6. The summed E-state index contributed by atoms with van der Waals surface area (Å²) in [7, 11) is 0. The highest BCUT2D eigenvalue weighted by molar-refractivity contribution is 6.67. The molecule has 104 valence electrons. The van der Waals surface area contributed by atoms with Crippen LogP contribution in [0.25, 0.3) is 0 Å². The van der Waals surface area contributed by atoms with Crippen molar-refractivity contribution >= 4 is 47.3 Å². The van der Waals surface area contributed by atoms with E-state index in [-0.39, 0.29) is 0 Å². The van der Waals surface area contributed by atoms with Crippen LogP contribution >= 0.6 is 0 Å². The number of barbiturate groups is 2. The first-order chi connectivity index (χ1) is 9.22. The molecule has 0 aromatic carbocycles. The third kappa shape index (κ3) is 3.28. The van der Waals surface area contributed by atoms with Crippen LogP contribution in [0.1, 0.15) is 0 Å². The first-order valence-corrected chi connectivity index (χ1v) is 4.63. The maximum absolute atomic E-state index is 10.3. The lowest BCUT2D eigenvalue weighted by Gasteiger charge is -2.07. The van der Waals surface area contributed by atoms with E-state index in [0.29, 0.717) is 0 Å². The maximum Gasteiger partial charge on any atom is 0.328 e. The monoisotopic (exact) mass is 284 g/mol. The van der Waals surface area contributed by atoms with Crippen LogP contribution in [0.5, 0.6) is 0 Å². The SMILES string of the molecule is O=C1NC(=O)C(=O)C(=O)N1.O=C1NC(=O)C(=O)C(=O)N1. The van der Waals surface area contributed by atoms with Crippen LogP contribution in [-0.4, -0.2) is 47.3 Å². The molecule has 0 saturated carbocycles. The van der Waals surface area contributed by atoms with Gasteiger partial charge in [0.1, 0.15) is 0 Å². The molecular weight excluding hydrogens is 280 g/mol. The lowest BCUT2D eigenvalue weighted by Crippen LogP contribution is -2.56. The number of carbonyl (C=O) groups is 8. The van der Waals surface area contributed by atoms with E-state index in [0.717, 1.165) is 0 Å². The zero-order valence-electron chi connectivity index (χ0n) is 9.27. The first-order valence-electron chi connectivity index (χ1n) is 4.63. The number of hydrogen-bond acceptors (Lipinski definition) is 8. The molecule has 2 saturated heterocycles. The number of carbonyl (C=O) groups excluding carboxylic acids is 8. The zero-order valence-corrected chi connectivity index (χ0v) is 9.27. The molecule has 0 bridgehead atoms. The van der Waals surface area contributed by atoms with Crippen LogP contribution in [0.3, 0.4) is 0 Å². The maximum atomic E-state index is 10.3. The molecule has 8 amide bonds. The second-order valence-electron chi connectivity index (χ2n) is 3.13. The summed E-state index contributed by atoms with van der Waals surface area (Å²) in [4.78, 5) is 82.1. The number of imide groups is 4. The normalized spacial score (nSPS) is 18.4. The number of Topliss-reactive ketones (excluding diaryl/α,β-unsaturated/α-hetero) is 2. The molecule has 0 atom stereocenters. The van der Waals surface area contributed by atoms with Gasteiger partial charge < -0.3 is 0 Å². The standard InChI is InChI=1S/2C4H2N2O4/c2*7-1-2(8)5-4(10)6-3(1)9/h2*(H2,5,6,8,9,10). The Bertz CT molecular complexity index is 495. The minimum absolute atomic E-state index is 0.963. The predicted molar refractivity (Wildman–Crippen MR) is 53.4 cm³/mol. The Kier molecular flexibility index (Phi) is 4.00. The van der Waals surface area contributed by atoms with E-state index in [1.165, 1.54) is 0 Å². The summed E-state index contributed by atoms with van der Waals surface area (Å²) in [6, 6.07) is -1.93. The lowest BCUT2D eigenvalue weighted by molar-refractivity contribution is -0.146. The molecule has 12 heteroatoms. The molecule has 2 aliphatic rings. The van der Waals surface area contributed by atoms with Crippen molar-refractivity contribution in [1.82, 2.24) is 21.3 Å². The van der Waals surface area contributed by atoms with Crippen LogP contribution in [0, 0.1) is 0 Å². The zero-order chi connectivity index (χ0) is 15.4. The van der Waals surface area contributed by atoms with Crippen molar-refractivity contribution in [1.29, 1.82) is 0 Å². The Labute approximate surface area is 108 Å². The van der Waals surface area contributed by atoms with Crippen LogP contribution in [-0.2, 0) is 28.8 Å². The number of ketones is 2. The van der Waals surface area contributed by atoms with Gasteiger partial charge in [-0.15, -0.1) is 0 Å². The number of nitrogens with one attached hydrogen (secondary N) is 4. The molecule has 20 heavy (non-hydrogen) atoms. The van der Waals surface area contributed by atoms with Gasteiger partial charge in [0.15, 0.2) is 0 Å². The number of amides is 8. The Morgan fingerprint density at radius 1 is 0.400 bits per heavy atom. The molecular formula is C8H4N4O8. The van der Waals surface area contributed by atoms with Gasteiger partial charge in [0.05, 0.1) is 0 Å². The molecule has 0 aliphatic carbocycles. The van der Waals surface area contributed by atoms with Crippen molar-refractivity contribution < 1.29 is 38.4 Å². The second-order valence-corrected chi connectivity index (χ2v) is 3.13. The van der Waals surface area contributed by atoms with Crippen molar-refractivity contribution in [3.05, 3.63) is 0 Å². The molecule has 2 fully saturated rings. The van der Waals surface area contributed by atoms with Crippen LogP contribution < -0.4 is 21.3 Å². The molecule has 12 nitrogen and oxygen atoms in total. The highest BCUT2D eigenvalue weighted by atomic mass is 16.2. The minimum atomic E-state index is -1.25. The summed E-state index contributed by atoms with van der Waals surface area (Å²) in [6.45, 7) is 0. The molecule has 0 radical (unpaired) electrons. The number of rotatable bonds is 0. The Morgan fingerprint density at radius 2 is 0.600 bits per heavy atom. The molecule has 0 unspecified atom stereocenters. The highest BCUT2D eigenvalue weighted by Crippen LogP contribution is 1.82. The molecule has 2 rings (SSSR count). The summed E-state index contributed by atoms with van der Waals surface area (Å²) < 4.78 is 0. The summed E-state index contributed by atoms with van der Waals surface area (Å²) in [5.41, 5.74) is 0. The Hall–Kier alpha value is -3.44. The van der Waals surface area contributed by atoms with Gasteiger partial charge in [0, 0.05) is 0 Å². The third-order valence-electron chi connectivity index (χ3n) is 1.73. The predicted octanol–water partition coefficient (Wildman–Crippen LogP) is -4.16. The second kappa shape index (κ2) is 5.47. The summed E-state index contributed by atoms with van der Waals surface area (Å²) >= 11 is 0. The fourth-order valence-electron chi connectivity index (χ4n) is 0.908. The van der Waals surface area contributed by atoms with Crippen LogP contribution in [0.15, 0.2) is 0 Å². The highest BCUT2D eigenvalue weighted by Gasteiger charge is 2.31. The fraction of sp³-hybridized carbons (Fsp3) is 0. The molecule has 2 heterocycles. The number of hydrogen-bond donors (Lipinski definition) is 4. The Balaban J connectivity index is 0.000000200. The lowest BCUT2D eigenvalue weighted by atomic mass is 10.3. The van der Waals surface area contributed by atoms with Crippen molar-refractivity contribution in [2.45, 2.75) is 0 Å². The van der Waals surface area contributed by atoms with Crippen molar-refractivity contribution in [3.8, 4) is 0 Å². The van der Waals surface area contributed by atoms with Crippen LogP contribution in [0.2, 0.25) is 0 Å². The molecule has 4 N–H and O–H groups in total. The van der Waals surface area contributed by atoms with E-state index in [1.54, 1.807) is 21.3 Å². The topological polar surface area (TPSA) is 185 Å². The van der Waals surface area contributed by atoms with E-state index in [1.807, 2.05) is 0 Å². The smallest absolute Gasteiger partial charge is 0.277 e. The molecule has 2 aliphatic heterocycles. The van der Waals surface area contributed by atoms with E-state index >= 15 is 0 Å². The van der Waals surface area contributed by atoms with Gasteiger partial charge in [-0.25, -0.2) is 9.59 Å². The van der Waals surface area contributed by atoms with Crippen molar-refractivity contribution in [2.24, 2.45) is 0 Å². The number of urea groups is 2. The van der Waals surface area contributed by atoms with E-state index in [4.69, 9.17) is 0 Å². The van der Waals surface area contributed by atoms with Gasteiger partial charge in [-0.1, -0.05) is 0 Å². The summed E-state index contributed by atoms with van der Waals surface area (Å²) in [6.07, 6.45) is 0. The van der Waals surface area contributed by atoms with Gasteiger partial charge in [-0.05, 0) is 0 Å². The minimum Gasteiger partial charge on any atom is -0.277 e. The molecule has 0 aromatic heterocycles. The van der Waals surface area contributed by atoms with E-state index in [2.05, 4.69) is 0 Å². The van der Waals surface area contributed by atoms with Gasteiger partial charge in [0.2, 0.25) is 0 Å². The van der Waals surface area contributed by atoms with Gasteiger partial charge in [-0.3, -0.25) is 50.0 Å². The third-order valence-corrected chi connectivity index (χ3v) is 1.73. The average molecular weight is 284 g/mol. The van der Waals surface area contributed by atoms with Gasteiger partial charge >= 0.3 is 47.3 Å². The van der Waals surface area contributed by atoms with Gasteiger partial charge in [0.25, 0.3) is 0 Å². The van der Waals surface area contributed by atoms with E-state index in [9.17, 15) is 38.4 Å². The largest absolute Gasteiger partial charge is 0.328 e. The van der Waals surface area contributed by atoms with Crippen LogP contribution in [0.4, 0.5) is 9.59 Å². The summed E-state index contributed by atoms with van der Waals surface area (Å²) in [5.74, 6) is -7.25. The average Bonchev–Trinajstić information content (AvgIpc) is 2.33. The van der Waals surface area contributed by atoms with Gasteiger partial charge in [-0.2, -0.15) is 0 Å².